The molecule has 0 aliphatic carbocycles. The third-order valence-electron chi connectivity index (χ3n) is 2.54. The standard InChI is InChI=1S/C12H16ClNO3/c1-3-10(14(15)16)7-9-5-6-11(13)12(8-9)17-4-2/h5-6,8,10H,3-4,7H2,1-2H3. The monoisotopic (exact) mass is 257 g/mol. The summed E-state index contributed by atoms with van der Waals surface area (Å²) in [5.74, 6) is 0.588. The predicted molar refractivity (Wildman–Crippen MR) is 67.4 cm³/mol. The SMILES string of the molecule is CCOc1cc(CC(CC)[N+](=O)[O-])ccc1Cl. The Morgan fingerprint density at radius 2 is 2.18 bits per heavy atom. The van der Waals surface area contributed by atoms with E-state index in [2.05, 4.69) is 0 Å². The van der Waals surface area contributed by atoms with Crippen molar-refractivity contribution in [2.24, 2.45) is 0 Å². The molecule has 0 aromatic heterocycles. The smallest absolute Gasteiger partial charge is 0.216 e. The van der Waals surface area contributed by atoms with Crippen LogP contribution in [0.5, 0.6) is 5.75 Å². The molecule has 0 spiro atoms. The summed E-state index contributed by atoms with van der Waals surface area (Å²) in [4.78, 5) is 10.5. The summed E-state index contributed by atoms with van der Waals surface area (Å²) in [5.41, 5.74) is 0.876. The largest absolute Gasteiger partial charge is 0.492 e. The number of hydrogen-bond acceptors (Lipinski definition) is 3. The number of nitrogens with zero attached hydrogens (tertiary/aromatic N) is 1. The third-order valence-corrected chi connectivity index (χ3v) is 2.85. The first-order valence-corrected chi connectivity index (χ1v) is 6.01. The van der Waals surface area contributed by atoms with Gasteiger partial charge in [0.2, 0.25) is 6.04 Å². The van der Waals surface area contributed by atoms with Crippen molar-refractivity contribution in [2.45, 2.75) is 32.7 Å². The van der Waals surface area contributed by atoms with E-state index in [9.17, 15) is 10.1 Å². The number of nitro groups is 1. The molecular formula is C12H16ClNO3. The Balaban J connectivity index is 2.84. The Morgan fingerprint density at radius 3 is 2.71 bits per heavy atom. The maximum absolute atomic E-state index is 10.8. The van der Waals surface area contributed by atoms with E-state index in [1.165, 1.54) is 0 Å². The van der Waals surface area contributed by atoms with Crippen LogP contribution in [-0.4, -0.2) is 17.6 Å². The van der Waals surface area contributed by atoms with Crippen LogP contribution in [0.4, 0.5) is 0 Å². The maximum atomic E-state index is 10.8. The highest BCUT2D eigenvalue weighted by molar-refractivity contribution is 6.32. The Bertz CT molecular complexity index is 395. The van der Waals surface area contributed by atoms with Crippen LogP contribution in [0.25, 0.3) is 0 Å². The van der Waals surface area contributed by atoms with Crippen molar-refractivity contribution in [1.29, 1.82) is 0 Å². The lowest BCUT2D eigenvalue weighted by molar-refractivity contribution is -0.522. The molecule has 0 N–H and O–H groups in total. The van der Waals surface area contributed by atoms with Gasteiger partial charge in [0.15, 0.2) is 0 Å². The average Bonchev–Trinajstić information content (AvgIpc) is 2.30. The molecule has 1 unspecified atom stereocenters. The molecule has 0 saturated heterocycles. The summed E-state index contributed by atoms with van der Waals surface area (Å²) in [6, 6.07) is 4.74. The van der Waals surface area contributed by atoms with Crippen molar-refractivity contribution in [3.8, 4) is 5.75 Å². The van der Waals surface area contributed by atoms with Gasteiger partial charge in [-0.05, 0) is 24.6 Å². The zero-order valence-electron chi connectivity index (χ0n) is 9.98. The van der Waals surface area contributed by atoms with Gasteiger partial charge in [-0.1, -0.05) is 24.6 Å². The van der Waals surface area contributed by atoms with E-state index in [0.29, 0.717) is 30.2 Å². The minimum absolute atomic E-state index is 0.241. The molecule has 0 amide bonds. The number of rotatable bonds is 6. The molecule has 4 nitrogen and oxygen atoms in total. The second kappa shape index (κ2) is 6.45. The minimum atomic E-state index is -0.550. The van der Waals surface area contributed by atoms with Gasteiger partial charge in [0.1, 0.15) is 5.75 Å². The average molecular weight is 258 g/mol. The Kier molecular flexibility index (Phi) is 5.22. The van der Waals surface area contributed by atoms with Gasteiger partial charge in [0.05, 0.1) is 11.6 Å². The summed E-state index contributed by atoms with van der Waals surface area (Å²) in [6.45, 7) is 4.21. The molecule has 0 fully saturated rings. The van der Waals surface area contributed by atoms with Crippen LogP contribution in [0.15, 0.2) is 18.2 Å². The second-order valence-electron chi connectivity index (χ2n) is 3.75. The molecule has 1 rings (SSSR count). The van der Waals surface area contributed by atoms with E-state index >= 15 is 0 Å². The lowest BCUT2D eigenvalue weighted by atomic mass is 10.0. The van der Waals surface area contributed by atoms with Crippen molar-refractivity contribution < 1.29 is 9.66 Å². The van der Waals surface area contributed by atoms with Gasteiger partial charge in [0.25, 0.3) is 0 Å². The zero-order chi connectivity index (χ0) is 12.8. The lowest BCUT2D eigenvalue weighted by Crippen LogP contribution is -2.21. The maximum Gasteiger partial charge on any atom is 0.216 e. The molecule has 1 aromatic rings. The summed E-state index contributed by atoms with van der Waals surface area (Å²) in [5, 5.41) is 11.3. The fourth-order valence-electron chi connectivity index (χ4n) is 1.58. The molecule has 94 valence electrons. The Hall–Kier alpha value is -1.29. The number of halogens is 1. The fraction of sp³-hybridized carbons (Fsp3) is 0.500. The number of hydrogen-bond donors (Lipinski definition) is 0. The first-order chi connectivity index (χ1) is 8.08. The van der Waals surface area contributed by atoms with E-state index in [1.54, 1.807) is 18.2 Å². The van der Waals surface area contributed by atoms with Gasteiger partial charge < -0.3 is 4.74 Å². The summed E-state index contributed by atoms with van der Waals surface area (Å²) < 4.78 is 5.35. The molecule has 0 heterocycles. The van der Waals surface area contributed by atoms with Crippen molar-refractivity contribution in [2.75, 3.05) is 6.61 Å². The van der Waals surface area contributed by atoms with Crippen molar-refractivity contribution >= 4 is 11.6 Å². The van der Waals surface area contributed by atoms with Crippen LogP contribution in [0.1, 0.15) is 25.8 Å². The van der Waals surface area contributed by atoms with E-state index in [-0.39, 0.29) is 4.92 Å². The normalized spacial score (nSPS) is 12.2. The first kappa shape index (κ1) is 13.8. The molecule has 1 aromatic carbocycles. The van der Waals surface area contributed by atoms with Gasteiger partial charge in [-0.2, -0.15) is 0 Å². The van der Waals surface area contributed by atoms with Crippen molar-refractivity contribution in [3.05, 3.63) is 38.9 Å². The predicted octanol–water partition coefficient (Wildman–Crippen LogP) is 3.34. The molecule has 0 aliphatic heterocycles. The van der Waals surface area contributed by atoms with Gasteiger partial charge in [0, 0.05) is 17.8 Å². The molecule has 17 heavy (non-hydrogen) atoms. The molecule has 0 bridgehead atoms. The quantitative estimate of drug-likeness (QED) is 0.580. The highest BCUT2D eigenvalue weighted by atomic mass is 35.5. The molecule has 0 radical (unpaired) electrons. The number of benzene rings is 1. The van der Waals surface area contributed by atoms with E-state index in [4.69, 9.17) is 16.3 Å². The van der Waals surface area contributed by atoms with Gasteiger partial charge >= 0.3 is 0 Å². The van der Waals surface area contributed by atoms with Crippen LogP contribution >= 0.6 is 11.6 Å². The van der Waals surface area contributed by atoms with Crippen molar-refractivity contribution in [1.82, 2.24) is 0 Å². The summed E-state index contributed by atoms with van der Waals surface area (Å²) >= 11 is 5.95. The highest BCUT2D eigenvalue weighted by Gasteiger charge is 2.18. The van der Waals surface area contributed by atoms with Gasteiger partial charge in [-0.3, -0.25) is 10.1 Å². The molecule has 5 heteroatoms. The topological polar surface area (TPSA) is 52.4 Å². The lowest BCUT2D eigenvalue weighted by Gasteiger charge is -2.10. The molecule has 0 saturated carbocycles. The molecular weight excluding hydrogens is 242 g/mol. The summed E-state index contributed by atoms with van der Waals surface area (Å²) in [6.07, 6.45) is 0.917. The second-order valence-corrected chi connectivity index (χ2v) is 4.16. The van der Waals surface area contributed by atoms with Crippen molar-refractivity contribution in [3.63, 3.8) is 0 Å². The number of ether oxygens (including phenoxy) is 1. The van der Waals surface area contributed by atoms with E-state index < -0.39 is 6.04 Å². The van der Waals surface area contributed by atoms with E-state index in [0.717, 1.165) is 5.56 Å². The minimum Gasteiger partial charge on any atom is -0.492 e. The van der Waals surface area contributed by atoms with Crippen LogP contribution in [0.3, 0.4) is 0 Å². The highest BCUT2D eigenvalue weighted by Crippen LogP contribution is 2.26. The fourth-order valence-corrected chi connectivity index (χ4v) is 1.75. The molecule has 1 atom stereocenters. The molecule has 0 aliphatic rings. The van der Waals surface area contributed by atoms with Gasteiger partial charge in [-0.15, -0.1) is 0 Å². The van der Waals surface area contributed by atoms with Crippen LogP contribution < -0.4 is 4.74 Å². The third kappa shape index (κ3) is 3.89. The zero-order valence-corrected chi connectivity index (χ0v) is 10.7. The first-order valence-electron chi connectivity index (χ1n) is 5.63. The van der Waals surface area contributed by atoms with Crippen LogP contribution in [0, 0.1) is 10.1 Å². The van der Waals surface area contributed by atoms with E-state index in [1.807, 2.05) is 13.8 Å². The van der Waals surface area contributed by atoms with Crippen LogP contribution in [-0.2, 0) is 6.42 Å². The van der Waals surface area contributed by atoms with Crippen LogP contribution in [0.2, 0.25) is 5.02 Å². The van der Waals surface area contributed by atoms with Gasteiger partial charge in [-0.25, -0.2) is 0 Å². The summed E-state index contributed by atoms with van der Waals surface area (Å²) in [7, 11) is 0. The Morgan fingerprint density at radius 1 is 1.47 bits per heavy atom. The Labute approximate surface area is 106 Å².